The lowest BCUT2D eigenvalue weighted by Crippen LogP contribution is -2.30. The molecule has 4 rings (SSSR count). The van der Waals surface area contributed by atoms with E-state index in [1.807, 2.05) is 32.0 Å². The molecule has 2 aromatic heterocycles. The average Bonchev–Trinajstić information content (AvgIpc) is 3.22. The first-order valence-corrected chi connectivity index (χ1v) is 9.94. The minimum absolute atomic E-state index is 0.251. The second-order valence-electron chi connectivity index (χ2n) is 7.42. The number of benzene rings is 2. The SMILES string of the molecule is COc1cc(NC(=O)Cn2ncn3nc(-c4cc(C)ccc4C)cc3c2=O)cc(OC)c1. The van der Waals surface area contributed by atoms with E-state index in [-0.39, 0.29) is 6.54 Å². The molecule has 4 aromatic rings. The van der Waals surface area contributed by atoms with Crippen LogP contribution in [0.15, 0.2) is 53.6 Å². The van der Waals surface area contributed by atoms with Crippen LogP contribution in [-0.4, -0.2) is 39.5 Å². The van der Waals surface area contributed by atoms with E-state index in [1.165, 1.54) is 25.1 Å². The maximum Gasteiger partial charge on any atom is 0.293 e. The Labute approximate surface area is 184 Å². The fourth-order valence-corrected chi connectivity index (χ4v) is 3.41. The molecule has 0 saturated carbocycles. The van der Waals surface area contributed by atoms with Crippen LogP contribution in [0.3, 0.4) is 0 Å². The lowest BCUT2D eigenvalue weighted by molar-refractivity contribution is -0.117. The lowest BCUT2D eigenvalue weighted by atomic mass is 10.0. The van der Waals surface area contributed by atoms with Crippen molar-refractivity contribution in [2.45, 2.75) is 20.4 Å². The first-order valence-electron chi connectivity index (χ1n) is 9.94. The van der Waals surface area contributed by atoms with Gasteiger partial charge in [0.25, 0.3) is 5.56 Å². The van der Waals surface area contributed by atoms with Crippen molar-refractivity contribution in [2.75, 3.05) is 19.5 Å². The summed E-state index contributed by atoms with van der Waals surface area (Å²) in [6, 6.07) is 12.8. The summed E-state index contributed by atoms with van der Waals surface area (Å²) < 4.78 is 13.0. The molecule has 9 nitrogen and oxygen atoms in total. The number of hydrogen-bond donors (Lipinski definition) is 1. The van der Waals surface area contributed by atoms with Crippen molar-refractivity contribution in [1.82, 2.24) is 19.4 Å². The van der Waals surface area contributed by atoms with E-state index in [0.29, 0.717) is 28.4 Å². The quantitative estimate of drug-likeness (QED) is 0.502. The highest BCUT2D eigenvalue weighted by molar-refractivity contribution is 5.91. The monoisotopic (exact) mass is 433 g/mol. The van der Waals surface area contributed by atoms with Gasteiger partial charge in [0.2, 0.25) is 5.91 Å². The highest BCUT2D eigenvalue weighted by Crippen LogP contribution is 2.26. The maximum atomic E-state index is 12.9. The van der Waals surface area contributed by atoms with Crippen LogP contribution in [0.5, 0.6) is 11.5 Å². The van der Waals surface area contributed by atoms with Crippen molar-refractivity contribution in [3.8, 4) is 22.8 Å². The van der Waals surface area contributed by atoms with Crippen LogP contribution in [0, 0.1) is 13.8 Å². The summed E-state index contributed by atoms with van der Waals surface area (Å²) in [4.78, 5) is 25.5. The Bertz CT molecular complexity index is 1350. The van der Waals surface area contributed by atoms with Gasteiger partial charge < -0.3 is 14.8 Å². The predicted molar refractivity (Wildman–Crippen MR) is 120 cm³/mol. The van der Waals surface area contributed by atoms with E-state index in [1.54, 1.807) is 24.3 Å². The van der Waals surface area contributed by atoms with Crippen LogP contribution in [0.1, 0.15) is 11.1 Å². The summed E-state index contributed by atoms with van der Waals surface area (Å²) in [6.45, 7) is 3.75. The van der Waals surface area contributed by atoms with Gasteiger partial charge in [0.1, 0.15) is 29.9 Å². The minimum atomic E-state index is -0.409. The molecule has 0 unspecified atom stereocenters. The number of aromatic nitrogens is 4. The molecule has 1 amide bonds. The van der Waals surface area contributed by atoms with Crippen LogP contribution in [0.25, 0.3) is 16.8 Å². The van der Waals surface area contributed by atoms with Gasteiger partial charge in [-0.1, -0.05) is 17.7 Å². The molecule has 0 bridgehead atoms. The van der Waals surface area contributed by atoms with Gasteiger partial charge in [-0.3, -0.25) is 9.59 Å². The summed E-state index contributed by atoms with van der Waals surface area (Å²) in [7, 11) is 3.05. The summed E-state index contributed by atoms with van der Waals surface area (Å²) in [5.41, 5.74) is 4.20. The summed E-state index contributed by atoms with van der Waals surface area (Å²) in [6.07, 6.45) is 1.42. The van der Waals surface area contributed by atoms with Gasteiger partial charge in [-0.25, -0.2) is 9.20 Å². The average molecular weight is 433 g/mol. The largest absolute Gasteiger partial charge is 0.497 e. The molecule has 9 heteroatoms. The number of hydrogen-bond acceptors (Lipinski definition) is 6. The van der Waals surface area contributed by atoms with Gasteiger partial charge >= 0.3 is 0 Å². The predicted octanol–water partition coefficient (Wildman–Crippen LogP) is 2.83. The number of nitrogens with zero attached hydrogens (tertiary/aromatic N) is 4. The third kappa shape index (κ3) is 4.18. The van der Waals surface area contributed by atoms with Crippen LogP contribution in [-0.2, 0) is 11.3 Å². The van der Waals surface area contributed by atoms with Crippen molar-refractivity contribution < 1.29 is 14.3 Å². The number of aryl methyl sites for hydroxylation is 2. The third-order valence-electron chi connectivity index (χ3n) is 5.09. The Morgan fingerprint density at radius 1 is 1.03 bits per heavy atom. The minimum Gasteiger partial charge on any atom is -0.497 e. The Morgan fingerprint density at radius 3 is 2.44 bits per heavy atom. The molecule has 164 valence electrons. The van der Waals surface area contributed by atoms with Gasteiger partial charge in [0.05, 0.1) is 19.9 Å². The second kappa shape index (κ2) is 8.54. The first kappa shape index (κ1) is 21.1. The van der Waals surface area contributed by atoms with Crippen molar-refractivity contribution >= 4 is 17.1 Å². The number of methoxy groups -OCH3 is 2. The Balaban J connectivity index is 1.60. The number of carbonyl (C=O) groups is 1. The third-order valence-corrected chi connectivity index (χ3v) is 5.09. The summed E-state index contributed by atoms with van der Waals surface area (Å²) in [5, 5.41) is 11.3. The fraction of sp³-hybridized carbons (Fsp3) is 0.217. The highest BCUT2D eigenvalue weighted by atomic mass is 16.5. The van der Waals surface area contributed by atoms with Gasteiger partial charge in [-0.15, -0.1) is 0 Å². The molecule has 32 heavy (non-hydrogen) atoms. The smallest absolute Gasteiger partial charge is 0.293 e. The molecule has 0 aliphatic heterocycles. The molecule has 0 atom stereocenters. The molecule has 0 spiro atoms. The Morgan fingerprint density at radius 2 is 1.75 bits per heavy atom. The highest BCUT2D eigenvalue weighted by Gasteiger charge is 2.14. The number of amides is 1. The Hall–Kier alpha value is -4.14. The van der Waals surface area contributed by atoms with Gasteiger partial charge in [0.15, 0.2) is 0 Å². The molecule has 2 aromatic carbocycles. The number of fused-ring (bicyclic) bond motifs is 1. The van der Waals surface area contributed by atoms with E-state index >= 15 is 0 Å². The normalized spacial score (nSPS) is 10.9. The number of rotatable bonds is 6. The van der Waals surface area contributed by atoms with Crippen LogP contribution in [0.2, 0.25) is 0 Å². The number of nitrogens with one attached hydrogen (secondary N) is 1. The van der Waals surface area contributed by atoms with E-state index < -0.39 is 11.5 Å². The van der Waals surface area contributed by atoms with Crippen LogP contribution < -0.4 is 20.3 Å². The molecule has 1 N–H and O–H groups in total. The van der Waals surface area contributed by atoms with E-state index in [2.05, 4.69) is 15.5 Å². The van der Waals surface area contributed by atoms with E-state index in [4.69, 9.17) is 9.47 Å². The Kier molecular flexibility index (Phi) is 5.63. The van der Waals surface area contributed by atoms with E-state index in [0.717, 1.165) is 21.4 Å². The van der Waals surface area contributed by atoms with E-state index in [9.17, 15) is 9.59 Å². The van der Waals surface area contributed by atoms with Crippen molar-refractivity contribution in [1.29, 1.82) is 0 Å². The topological polar surface area (TPSA) is 99.8 Å². The molecule has 0 fully saturated rings. The van der Waals surface area contributed by atoms with Crippen molar-refractivity contribution in [3.63, 3.8) is 0 Å². The number of carbonyl (C=O) groups excluding carboxylic acids is 1. The van der Waals surface area contributed by atoms with Crippen molar-refractivity contribution in [2.24, 2.45) is 0 Å². The molecule has 0 saturated heterocycles. The number of ether oxygens (including phenoxy) is 2. The lowest BCUT2D eigenvalue weighted by Gasteiger charge is -2.10. The van der Waals surface area contributed by atoms with Crippen molar-refractivity contribution in [3.05, 3.63) is 70.3 Å². The summed E-state index contributed by atoms with van der Waals surface area (Å²) >= 11 is 0. The molecule has 0 aliphatic carbocycles. The van der Waals surface area contributed by atoms with Gasteiger partial charge in [0, 0.05) is 29.4 Å². The van der Waals surface area contributed by atoms with Crippen LogP contribution >= 0.6 is 0 Å². The molecular formula is C23H23N5O4. The summed E-state index contributed by atoms with van der Waals surface area (Å²) in [5.74, 6) is 0.665. The maximum absolute atomic E-state index is 12.9. The zero-order chi connectivity index (χ0) is 22.8. The fourth-order valence-electron chi connectivity index (χ4n) is 3.41. The van der Waals surface area contributed by atoms with Gasteiger partial charge in [-0.05, 0) is 31.5 Å². The first-order chi connectivity index (χ1) is 15.4. The van der Waals surface area contributed by atoms with Gasteiger partial charge in [-0.2, -0.15) is 10.2 Å². The molecule has 0 radical (unpaired) electrons. The zero-order valence-electron chi connectivity index (χ0n) is 18.2. The molecule has 2 heterocycles. The zero-order valence-corrected chi connectivity index (χ0v) is 18.2. The second-order valence-corrected chi connectivity index (χ2v) is 7.42. The number of anilines is 1. The van der Waals surface area contributed by atoms with Crippen LogP contribution in [0.4, 0.5) is 5.69 Å². The molecular weight excluding hydrogens is 410 g/mol. The molecule has 0 aliphatic rings. The standard InChI is InChI=1S/C23H23N5O4/c1-14-5-6-15(2)19(7-14)20-11-21-23(30)27(24-13-28(21)26-20)12-22(29)25-16-8-17(31-3)10-18(9-16)32-4/h5-11,13H,12H2,1-4H3,(H,25,29).